The molecule has 0 unspecified atom stereocenters. The maximum atomic E-state index is 11.8. The van der Waals surface area contributed by atoms with Crippen molar-refractivity contribution in [1.82, 2.24) is 0 Å². The molecule has 82 valence electrons. The van der Waals surface area contributed by atoms with E-state index < -0.39 is 16.4 Å². The van der Waals surface area contributed by atoms with E-state index in [0.29, 0.717) is 11.3 Å². The Labute approximate surface area is 95.9 Å². The number of hydrogen-bond donors (Lipinski definition) is 0. The SMILES string of the molecule is O=C1C([N+](=O)[O-])=CC=C2C1=Nc1ccccc12. The minimum absolute atomic E-state index is 0.167. The van der Waals surface area contributed by atoms with Crippen molar-refractivity contribution in [3.8, 4) is 0 Å². The van der Waals surface area contributed by atoms with Crippen molar-refractivity contribution >= 4 is 22.8 Å². The van der Waals surface area contributed by atoms with Gasteiger partial charge in [-0.25, -0.2) is 4.99 Å². The van der Waals surface area contributed by atoms with Crippen LogP contribution in [0, 0.1) is 10.1 Å². The van der Waals surface area contributed by atoms with Gasteiger partial charge in [0.15, 0.2) is 0 Å². The summed E-state index contributed by atoms with van der Waals surface area (Å²) in [5.74, 6) is -0.622. The van der Waals surface area contributed by atoms with Gasteiger partial charge in [0.1, 0.15) is 5.71 Å². The van der Waals surface area contributed by atoms with Gasteiger partial charge in [-0.2, -0.15) is 0 Å². The Morgan fingerprint density at radius 1 is 1.18 bits per heavy atom. The summed E-state index contributed by atoms with van der Waals surface area (Å²) in [6, 6.07) is 7.28. The summed E-state index contributed by atoms with van der Waals surface area (Å²) in [6.07, 6.45) is 2.81. The molecule has 1 aliphatic heterocycles. The van der Waals surface area contributed by atoms with Crippen LogP contribution in [-0.4, -0.2) is 16.4 Å². The fourth-order valence-corrected chi connectivity index (χ4v) is 1.95. The van der Waals surface area contributed by atoms with Gasteiger partial charge in [0.05, 0.1) is 10.6 Å². The molecule has 0 N–H and O–H groups in total. The number of nitro groups is 1. The van der Waals surface area contributed by atoms with Gasteiger partial charge in [-0.1, -0.05) is 18.2 Å². The number of aliphatic imine (C=N–C) groups is 1. The van der Waals surface area contributed by atoms with Gasteiger partial charge in [0.25, 0.3) is 5.78 Å². The Morgan fingerprint density at radius 3 is 2.71 bits per heavy atom. The number of carbonyl (C=O) groups is 1. The second-order valence-electron chi connectivity index (χ2n) is 3.70. The summed E-state index contributed by atoms with van der Waals surface area (Å²) < 4.78 is 0. The first kappa shape index (κ1) is 9.65. The number of fused-ring (bicyclic) bond motifs is 3. The number of allylic oxidation sites excluding steroid dienone is 4. The molecule has 5 heteroatoms. The molecular formula is C12H6N2O3. The highest BCUT2D eigenvalue weighted by atomic mass is 16.6. The molecular weight excluding hydrogens is 220 g/mol. The highest BCUT2D eigenvalue weighted by molar-refractivity contribution is 6.62. The van der Waals surface area contributed by atoms with Crippen LogP contribution in [0.25, 0.3) is 5.57 Å². The van der Waals surface area contributed by atoms with Crippen molar-refractivity contribution in [2.45, 2.75) is 0 Å². The third-order valence-electron chi connectivity index (χ3n) is 2.73. The monoisotopic (exact) mass is 226 g/mol. The van der Waals surface area contributed by atoms with Crippen LogP contribution in [0.2, 0.25) is 0 Å². The van der Waals surface area contributed by atoms with Gasteiger partial charge in [0.2, 0.25) is 0 Å². The van der Waals surface area contributed by atoms with Crippen molar-refractivity contribution in [2.24, 2.45) is 4.99 Å². The van der Waals surface area contributed by atoms with E-state index in [2.05, 4.69) is 4.99 Å². The Bertz CT molecular complexity index is 653. The normalized spacial score (nSPS) is 16.7. The molecule has 0 saturated carbocycles. The van der Waals surface area contributed by atoms with E-state index in [1.54, 1.807) is 12.1 Å². The van der Waals surface area contributed by atoms with Gasteiger partial charge in [0, 0.05) is 17.2 Å². The van der Waals surface area contributed by atoms with Crippen LogP contribution in [0.15, 0.2) is 47.1 Å². The van der Waals surface area contributed by atoms with E-state index in [9.17, 15) is 14.9 Å². The minimum atomic E-state index is -0.679. The van der Waals surface area contributed by atoms with Crippen molar-refractivity contribution < 1.29 is 9.72 Å². The zero-order valence-electron chi connectivity index (χ0n) is 8.58. The predicted molar refractivity (Wildman–Crippen MR) is 61.6 cm³/mol. The first-order valence-corrected chi connectivity index (χ1v) is 4.98. The van der Waals surface area contributed by atoms with Crippen LogP contribution in [0.3, 0.4) is 0 Å². The molecule has 1 heterocycles. The molecule has 0 atom stereocenters. The molecule has 0 fully saturated rings. The van der Waals surface area contributed by atoms with E-state index in [1.807, 2.05) is 18.2 Å². The molecule has 2 aliphatic rings. The second-order valence-corrected chi connectivity index (χ2v) is 3.70. The highest BCUT2D eigenvalue weighted by Gasteiger charge is 2.35. The molecule has 0 amide bonds. The fraction of sp³-hybridized carbons (Fsp3) is 0. The van der Waals surface area contributed by atoms with E-state index in [4.69, 9.17) is 0 Å². The molecule has 0 bridgehead atoms. The molecule has 3 rings (SSSR count). The lowest BCUT2D eigenvalue weighted by molar-refractivity contribution is -0.418. The van der Waals surface area contributed by atoms with Crippen LogP contribution in [-0.2, 0) is 4.79 Å². The van der Waals surface area contributed by atoms with Crippen molar-refractivity contribution in [2.75, 3.05) is 0 Å². The van der Waals surface area contributed by atoms with Crippen LogP contribution in [0.1, 0.15) is 5.56 Å². The number of para-hydroxylation sites is 1. The molecule has 1 aromatic carbocycles. The topological polar surface area (TPSA) is 72.6 Å². The standard InChI is InChI=1S/C12H6N2O3/c15-12-10(14(16)17)6-5-8-7-3-1-2-4-9(7)13-11(8)12/h1-6H. The Morgan fingerprint density at radius 2 is 1.94 bits per heavy atom. The molecule has 0 spiro atoms. The quantitative estimate of drug-likeness (QED) is 0.417. The number of nitrogens with zero attached hydrogens (tertiary/aromatic N) is 2. The number of benzene rings is 1. The van der Waals surface area contributed by atoms with Gasteiger partial charge in [-0.15, -0.1) is 0 Å². The van der Waals surface area contributed by atoms with E-state index in [-0.39, 0.29) is 5.71 Å². The number of ketones is 1. The first-order chi connectivity index (χ1) is 8.18. The summed E-state index contributed by atoms with van der Waals surface area (Å²) >= 11 is 0. The van der Waals surface area contributed by atoms with Crippen LogP contribution in [0.4, 0.5) is 5.69 Å². The number of hydrogen-bond acceptors (Lipinski definition) is 4. The third kappa shape index (κ3) is 1.25. The van der Waals surface area contributed by atoms with Crippen molar-refractivity contribution in [3.05, 3.63) is 57.8 Å². The van der Waals surface area contributed by atoms with Gasteiger partial charge in [-0.3, -0.25) is 14.9 Å². The van der Waals surface area contributed by atoms with Gasteiger partial charge < -0.3 is 0 Å². The highest BCUT2D eigenvalue weighted by Crippen LogP contribution is 2.37. The Balaban J connectivity index is 2.19. The zero-order chi connectivity index (χ0) is 12.0. The van der Waals surface area contributed by atoms with Gasteiger partial charge >= 0.3 is 5.70 Å². The lowest BCUT2D eigenvalue weighted by Crippen LogP contribution is -2.23. The average molecular weight is 226 g/mol. The number of carbonyl (C=O) groups excluding carboxylic acids is 1. The molecule has 0 radical (unpaired) electrons. The number of Topliss-reactive ketones (excluding diaryl/α,β-unsaturated/α-hetero) is 1. The summed E-state index contributed by atoms with van der Waals surface area (Å²) in [5, 5.41) is 10.7. The largest absolute Gasteiger partial charge is 0.318 e. The van der Waals surface area contributed by atoms with Crippen LogP contribution >= 0.6 is 0 Å². The summed E-state index contributed by atoms with van der Waals surface area (Å²) in [6.45, 7) is 0. The molecule has 0 aromatic heterocycles. The van der Waals surface area contributed by atoms with E-state index >= 15 is 0 Å². The third-order valence-corrected chi connectivity index (χ3v) is 2.73. The molecule has 1 aliphatic carbocycles. The lowest BCUT2D eigenvalue weighted by atomic mass is 9.95. The Kier molecular flexibility index (Phi) is 1.82. The summed E-state index contributed by atoms with van der Waals surface area (Å²) in [4.78, 5) is 26.0. The van der Waals surface area contributed by atoms with Crippen molar-refractivity contribution in [1.29, 1.82) is 0 Å². The zero-order valence-corrected chi connectivity index (χ0v) is 8.58. The van der Waals surface area contributed by atoms with Gasteiger partial charge in [-0.05, 0) is 12.1 Å². The van der Waals surface area contributed by atoms with E-state index in [0.717, 1.165) is 5.56 Å². The van der Waals surface area contributed by atoms with E-state index in [1.165, 1.54) is 6.08 Å². The van der Waals surface area contributed by atoms with Crippen LogP contribution < -0.4 is 0 Å². The number of rotatable bonds is 1. The summed E-state index contributed by atoms with van der Waals surface area (Å²) in [5.41, 5.74) is 1.92. The molecule has 0 saturated heterocycles. The fourth-order valence-electron chi connectivity index (χ4n) is 1.95. The maximum absolute atomic E-state index is 11.8. The minimum Gasteiger partial charge on any atom is -0.280 e. The first-order valence-electron chi connectivity index (χ1n) is 4.98. The van der Waals surface area contributed by atoms with Crippen molar-refractivity contribution in [3.63, 3.8) is 0 Å². The predicted octanol–water partition coefficient (Wildman–Crippen LogP) is 1.90. The molecule has 5 nitrogen and oxygen atoms in total. The van der Waals surface area contributed by atoms with Crippen LogP contribution in [0.5, 0.6) is 0 Å². The average Bonchev–Trinajstić information content (AvgIpc) is 2.69. The maximum Gasteiger partial charge on any atom is 0.318 e. The lowest BCUT2D eigenvalue weighted by Gasteiger charge is -2.05. The Hall–Kier alpha value is -2.56. The smallest absolute Gasteiger partial charge is 0.280 e. The molecule has 17 heavy (non-hydrogen) atoms. The summed E-state index contributed by atoms with van der Waals surface area (Å²) in [7, 11) is 0. The second kappa shape index (κ2) is 3.21. The molecule has 1 aromatic rings.